The molecule has 0 spiro atoms. The SMILES string of the molecule is O=C(N[C@@H]1CCc2ccccc21)c1cccc(-n2cnnn2)c1. The first-order valence-corrected chi connectivity index (χ1v) is 7.53. The third-order valence-corrected chi connectivity index (χ3v) is 4.16. The van der Waals surface area contributed by atoms with Crippen molar-refractivity contribution >= 4 is 5.91 Å². The van der Waals surface area contributed by atoms with Crippen LogP contribution in [0.5, 0.6) is 0 Å². The zero-order chi connectivity index (χ0) is 15.6. The zero-order valence-corrected chi connectivity index (χ0v) is 12.4. The molecular formula is C17H15N5O. The average Bonchev–Trinajstić information content (AvgIpc) is 3.25. The number of nitrogens with one attached hydrogen (secondary N) is 1. The molecule has 2 aromatic carbocycles. The minimum absolute atomic E-state index is 0.0791. The first-order valence-electron chi connectivity index (χ1n) is 7.53. The summed E-state index contributed by atoms with van der Waals surface area (Å²) in [5.41, 5.74) is 3.90. The number of hydrogen-bond donors (Lipinski definition) is 1. The van der Waals surface area contributed by atoms with Crippen LogP contribution in [0.1, 0.15) is 33.9 Å². The number of carbonyl (C=O) groups is 1. The Kier molecular flexibility index (Phi) is 3.34. The van der Waals surface area contributed by atoms with E-state index in [9.17, 15) is 4.79 Å². The number of amides is 1. The highest BCUT2D eigenvalue weighted by molar-refractivity contribution is 5.95. The van der Waals surface area contributed by atoms with Crippen molar-refractivity contribution in [1.82, 2.24) is 25.5 Å². The summed E-state index contributed by atoms with van der Waals surface area (Å²) in [5, 5.41) is 14.2. The molecule has 1 N–H and O–H groups in total. The number of aryl methyl sites for hydroxylation is 1. The van der Waals surface area contributed by atoms with Gasteiger partial charge in [0.25, 0.3) is 5.91 Å². The van der Waals surface area contributed by atoms with Crippen LogP contribution in [0, 0.1) is 0 Å². The number of benzene rings is 2. The van der Waals surface area contributed by atoms with Gasteiger partial charge in [0.15, 0.2) is 0 Å². The minimum Gasteiger partial charge on any atom is -0.345 e. The van der Waals surface area contributed by atoms with E-state index in [2.05, 4.69) is 33.0 Å². The van der Waals surface area contributed by atoms with E-state index in [-0.39, 0.29) is 11.9 Å². The summed E-state index contributed by atoms with van der Waals surface area (Å²) in [6.45, 7) is 0. The third kappa shape index (κ3) is 2.59. The van der Waals surface area contributed by atoms with Crippen molar-refractivity contribution in [3.8, 4) is 5.69 Å². The van der Waals surface area contributed by atoms with Gasteiger partial charge >= 0.3 is 0 Å². The van der Waals surface area contributed by atoms with E-state index in [4.69, 9.17) is 0 Å². The van der Waals surface area contributed by atoms with E-state index in [1.54, 1.807) is 12.1 Å². The van der Waals surface area contributed by atoms with Crippen molar-refractivity contribution in [2.45, 2.75) is 18.9 Å². The van der Waals surface area contributed by atoms with Crippen LogP contribution in [-0.2, 0) is 6.42 Å². The summed E-state index contributed by atoms with van der Waals surface area (Å²) in [4.78, 5) is 12.6. The van der Waals surface area contributed by atoms with Crippen LogP contribution < -0.4 is 5.32 Å². The second kappa shape index (κ2) is 5.64. The standard InChI is InChI=1S/C17H15N5O/c23-17(19-16-9-8-12-4-1-2-7-15(12)16)13-5-3-6-14(10-13)22-11-18-20-21-22/h1-7,10-11,16H,8-9H2,(H,19,23)/t16-/m1/s1. The van der Waals surface area contributed by atoms with Gasteiger partial charge in [0.2, 0.25) is 0 Å². The first kappa shape index (κ1) is 13.6. The van der Waals surface area contributed by atoms with Crippen LogP contribution in [0.15, 0.2) is 54.9 Å². The lowest BCUT2D eigenvalue weighted by Crippen LogP contribution is -2.27. The normalized spacial score (nSPS) is 16.1. The van der Waals surface area contributed by atoms with Crippen LogP contribution in [-0.4, -0.2) is 26.1 Å². The summed E-state index contributed by atoms with van der Waals surface area (Å²) in [7, 11) is 0. The average molecular weight is 305 g/mol. The summed E-state index contributed by atoms with van der Waals surface area (Å²) < 4.78 is 1.53. The molecule has 114 valence electrons. The fourth-order valence-corrected chi connectivity index (χ4v) is 3.02. The summed E-state index contributed by atoms with van der Waals surface area (Å²) >= 11 is 0. The van der Waals surface area contributed by atoms with Gasteiger partial charge in [0, 0.05) is 5.56 Å². The second-order valence-corrected chi connectivity index (χ2v) is 5.57. The van der Waals surface area contributed by atoms with Crippen molar-refractivity contribution < 1.29 is 4.79 Å². The lowest BCUT2D eigenvalue weighted by molar-refractivity contribution is 0.0936. The molecule has 1 amide bonds. The quantitative estimate of drug-likeness (QED) is 0.804. The number of rotatable bonds is 3. The molecule has 1 heterocycles. The molecule has 6 heteroatoms. The highest BCUT2D eigenvalue weighted by Gasteiger charge is 2.23. The molecule has 0 bridgehead atoms. The number of hydrogen-bond acceptors (Lipinski definition) is 4. The molecule has 0 radical (unpaired) electrons. The van der Waals surface area contributed by atoms with Gasteiger partial charge in [-0.05, 0) is 52.6 Å². The van der Waals surface area contributed by atoms with E-state index in [0.717, 1.165) is 18.5 Å². The fraction of sp³-hybridized carbons (Fsp3) is 0.176. The van der Waals surface area contributed by atoms with Crippen molar-refractivity contribution in [3.05, 3.63) is 71.5 Å². The molecule has 1 atom stereocenters. The van der Waals surface area contributed by atoms with Gasteiger partial charge in [0.1, 0.15) is 6.33 Å². The van der Waals surface area contributed by atoms with Crippen molar-refractivity contribution in [2.24, 2.45) is 0 Å². The van der Waals surface area contributed by atoms with Gasteiger partial charge in [-0.1, -0.05) is 30.3 Å². The van der Waals surface area contributed by atoms with Crippen molar-refractivity contribution in [1.29, 1.82) is 0 Å². The number of tetrazole rings is 1. The molecule has 0 fully saturated rings. The molecule has 6 nitrogen and oxygen atoms in total. The Morgan fingerprint density at radius 3 is 2.96 bits per heavy atom. The molecule has 0 aliphatic heterocycles. The molecule has 1 aliphatic rings. The maximum atomic E-state index is 12.6. The predicted octanol–water partition coefficient (Wildman–Crippen LogP) is 2.08. The zero-order valence-electron chi connectivity index (χ0n) is 12.4. The van der Waals surface area contributed by atoms with Crippen LogP contribution >= 0.6 is 0 Å². The van der Waals surface area contributed by atoms with E-state index >= 15 is 0 Å². The highest BCUT2D eigenvalue weighted by atomic mass is 16.1. The third-order valence-electron chi connectivity index (χ3n) is 4.16. The van der Waals surface area contributed by atoms with Gasteiger partial charge in [0.05, 0.1) is 11.7 Å². The molecule has 0 saturated carbocycles. The molecule has 1 aliphatic carbocycles. The Morgan fingerprint density at radius 1 is 1.17 bits per heavy atom. The number of carbonyl (C=O) groups excluding carboxylic acids is 1. The van der Waals surface area contributed by atoms with Gasteiger partial charge in [-0.3, -0.25) is 4.79 Å². The van der Waals surface area contributed by atoms with E-state index in [1.807, 2.05) is 24.3 Å². The Hall–Kier alpha value is -3.02. The minimum atomic E-state index is -0.0818. The second-order valence-electron chi connectivity index (χ2n) is 5.57. The molecule has 0 unspecified atom stereocenters. The Labute approximate surface area is 133 Å². The Balaban J connectivity index is 1.55. The van der Waals surface area contributed by atoms with Crippen LogP contribution in [0.25, 0.3) is 5.69 Å². The first-order chi connectivity index (χ1) is 11.3. The van der Waals surface area contributed by atoms with Crippen molar-refractivity contribution in [3.63, 3.8) is 0 Å². The molecule has 4 rings (SSSR count). The molecule has 23 heavy (non-hydrogen) atoms. The smallest absolute Gasteiger partial charge is 0.251 e. The fourth-order valence-electron chi connectivity index (χ4n) is 3.02. The van der Waals surface area contributed by atoms with Crippen LogP contribution in [0.2, 0.25) is 0 Å². The van der Waals surface area contributed by atoms with E-state index < -0.39 is 0 Å². The van der Waals surface area contributed by atoms with Gasteiger partial charge in [-0.2, -0.15) is 0 Å². The number of nitrogens with zero attached hydrogens (tertiary/aromatic N) is 4. The van der Waals surface area contributed by atoms with Gasteiger partial charge < -0.3 is 5.32 Å². The lowest BCUT2D eigenvalue weighted by atomic mass is 10.1. The van der Waals surface area contributed by atoms with E-state index in [0.29, 0.717) is 5.56 Å². The van der Waals surface area contributed by atoms with Gasteiger partial charge in [-0.15, -0.1) is 5.10 Å². The maximum Gasteiger partial charge on any atom is 0.251 e. The Morgan fingerprint density at radius 2 is 2.09 bits per heavy atom. The maximum absolute atomic E-state index is 12.6. The summed E-state index contributed by atoms with van der Waals surface area (Å²) in [5.74, 6) is -0.0818. The van der Waals surface area contributed by atoms with Crippen LogP contribution in [0.4, 0.5) is 0 Å². The lowest BCUT2D eigenvalue weighted by Gasteiger charge is -2.14. The predicted molar refractivity (Wildman–Crippen MR) is 84.1 cm³/mol. The van der Waals surface area contributed by atoms with E-state index in [1.165, 1.54) is 22.1 Å². The molecular weight excluding hydrogens is 290 g/mol. The number of fused-ring (bicyclic) bond motifs is 1. The highest BCUT2D eigenvalue weighted by Crippen LogP contribution is 2.30. The largest absolute Gasteiger partial charge is 0.345 e. The Bertz CT molecular complexity index is 844. The van der Waals surface area contributed by atoms with Crippen LogP contribution in [0.3, 0.4) is 0 Å². The summed E-state index contributed by atoms with van der Waals surface area (Å²) in [6.07, 6.45) is 3.45. The topological polar surface area (TPSA) is 72.7 Å². The summed E-state index contributed by atoms with van der Waals surface area (Å²) in [6, 6.07) is 15.6. The monoisotopic (exact) mass is 305 g/mol. The number of aromatic nitrogens is 4. The molecule has 1 aromatic heterocycles. The van der Waals surface area contributed by atoms with Gasteiger partial charge in [-0.25, -0.2) is 4.68 Å². The molecule has 3 aromatic rings. The van der Waals surface area contributed by atoms with Crippen molar-refractivity contribution in [2.75, 3.05) is 0 Å². The molecule has 0 saturated heterocycles.